The van der Waals surface area contributed by atoms with Crippen LogP contribution in [0.5, 0.6) is 0 Å². The fourth-order valence-electron chi connectivity index (χ4n) is 4.69. The Hall–Kier alpha value is -2.11. The Kier molecular flexibility index (Phi) is 6.60. The van der Waals surface area contributed by atoms with Gasteiger partial charge in [0.2, 0.25) is 0 Å². The van der Waals surface area contributed by atoms with Gasteiger partial charge in [-0.1, -0.05) is 12.1 Å². The van der Waals surface area contributed by atoms with Crippen molar-refractivity contribution in [1.29, 1.82) is 0 Å². The smallest absolute Gasteiger partial charge is 0.308 e. The van der Waals surface area contributed by atoms with Crippen molar-refractivity contribution in [2.24, 2.45) is 4.99 Å². The van der Waals surface area contributed by atoms with Crippen LogP contribution in [0.1, 0.15) is 71.4 Å². The Balaban J connectivity index is 1.55. The van der Waals surface area contributed by atoms with E-state index in [0.29, 0.717) is 31.5 Å². The van der Waals surface area contributed by atoms with Gasteiger partial charge in [0, 0.05) is 19.6 Å². The summed E-state index contributed by atoms with van der Waals surface area (Å²) in [6.07, 6.45) is 2.39. The summed E-state index contributed by atoms with van der Waals surface area (Å²) in [4.78, 5) is 19.4. The lowest BCUT2D eigenvalue weighted by atomic mass is 9.95. The van der Waals surface area contributed by atoms with E-state index >= 15 is 0 Å². The first-order valence-electron chi connectivity index (χ1n) is 11.6. The van der Waals surface area contributed by atoms with Crippen LogP contribution in [0.25, 0.3) is 5.00 Å². The summed E-state index contributed by atoms with van der Waals surface area (Å²) in [6, 6.07) is 7.81. The van der Waals surface area contributed by atoms with Crippen LogP contribution in [-0.2, 0) is 9.53 Å². The zero-order valence-corrected chi connectivity index (χ0v) is 22.4. The molecule has 1 aliphatic carbocycles. The molecule has 2 aromatic heterocycles. The molecule has 0 bridgehead atoms. The number of aliphatic imine (C=N–C) groups is 1. The highest BCUT2D eigenvalue weighted by Gasteiger charge is 2.33. The highest BCUT2D eigenvalue weighted by Crippen LogP contribution is 2.39. The molecule has 3 aromatic rings. The second-order valence-electron chi connectivity index (χ2n) is 9.03. The second-order valence-corrected chi connectivity index (χ2v) is 11.5. The molecule has 0 radical (unpaired) electrons. The third-order valence-corrected chi connectivity index (χ3v) is 8.57. The predicted molar refractivity (Wildman–Crippen MR) is 140 cm³/mol. The molecule has 3 heterocycles. The third-order valence-electron chi connectivity index (χ3n) is 6.66. The summed E-state index contributed by atoms with van der Waals surface area (Å²) < 4.78 is 8.99. The van der Waals surface area contributed by atoms with Crippen molar-refractivity contribution in [3.63, 3.8) is 0 Å². The predicted octanol–water partition coefficient (Wildman–Crippen LogP) is 4.99. The van der Waals surface area contributed by atoms with E-state index in [0.717, 1.165) is 31.2 Å². The lowest BCUT2D eigenvalue weighted by molar-refractivity contribution is -0.152. The number of hydrogen-bond acceptors (Lipinski definition) is 7. The van der Waals surface area contributed by atoms with Crippen molar-refractivity contribution >= 4 is 45.6 Å². The van der Waals surface area contributed by atoms with Gasteiger partial charge in [-0.15, -0.1) is 21.5 Å². The number of halogens is 1. The number of nitrogens with zero attached hydrogens (tertiary/aromatic N) is 4. The van der Waals surface area contributed by atoms with Gasteiger partial charge in [0.25, 0.3) is 0 Å². The maximum Gasteiger partial charge on any atom is 0.308 e. The summed E-state index contributed by atoms with van der Waals surface area (Å²) >= 11 is 4.00. The lowest BCUT2D eigenvalue weighted by Gasteiger charge is -2.25. The number of carbonyl (C=O) groups excluding carboxylic acids is 1. The van der Waals surface area contributed by atoms with Crippen molar-refractivity contribution < 1.29 is 14.6 Å². The van der Waals surface area contributed by atoms with Crippen LogP contribution in [0.2, 0.25) is 0 Å². The van der Waals surface area contributed by atoms with Crippen LogP contribution < -0.4 is 0 Å². The number of thiophene rings is 1. The van der Waals surface area contributed by atoms with Crippen molar-refractivity contribution in [2.45, 2.75) is 71.1 Å². The first-order valence-corrected chi connectivity index (χ1v) is 13.4. The molecule has 2 aliphatic rings. The van der Waals surface area contributed by atoms with Crippen molar-refractivity contribution in [3.05, 3.63) is 61.1 Å². The van der Waals surface area contributed by atoms with Gasteiger partial charge in [-0.05, 0) is 86.7 Å². The second kappa shape index (κ2) is 9.50. The monoisotopic (exact) mass is 590 g/mol. The molecule has 1 N–H and O–H groups in total. The number of hydrogen-bond donors (Lipinski definition) is 1. The minimum absolute atomic E-state index is 0.0953. The van der Waals surface area contributed by atoms with E-state index < -0.39 is 6.04 Å². The van der Waals surface area contributed by atoms with Gasteiger partial charge in [-0.3, -0.25) is 14.4 Å². The fourth-order valence-corrected chi connectivity index (χ4v) is 6.26. The van der Waals surface area contributed by atoms with E-state index in [-0.39, 0.29) is 24.6 Å². The van der Waals surface area contributed by atoms with Gasteiger partial charge in [0.15, 0.2) is 5.82 Å². The molecule has 34 heavy (non-hydrogen) atoms. The van der Waals surface area contributed by atoms with Gasteiger partial charge in [0.05, 0.1) is 18.2 Å². The summed E-state index contributed by atoms with van der Waals surface area (Å²) in [5, 5.41) is 19.6. The highest BCUT2D eigenvalue weighted by atomic mass is 127. The van der Waals surface area contributed by atoms with E-state index in [1.165, 1.54) is 10.4 Å². The van der Waals surface area contributed by atoms with Crippen molar-refractivity contribution in [1.82, 2.24) is 14.8 Å². The first kappa shape index (κ1) is 23.6. The number of esters is 1. The van der Waals surface area contributed by atoms with Gasteiger partial charge < -0.3 is 9.84 Å². The number of rotatable bonds is 4. The minimum Gasteiger partial charge on any atom is -0.462 e. The first-order chi connectivity index (χ1) is 16.3. The molecular formula is C25H27IN4O3S. The number of aromatic nitrogens is 3. The Morgan fingerprint density at radius 1 is 1.15 bits per heavy atom. The van der Waals surface area contributed by atoms with Crippen LogP contribution in [0, 0.1) is 24.3 Å². The molecule has 1 aromatic carbocycles. The zero-order chi connectivity index (χ0) is 24.0. The van der Waals surface area contributed by atoms with Crippen LogP contribution in [-0.4, -0.2) is 43.8 Å². The molecule has 0 spiro atoms. The van der Waals surface area contributed by atoms with Crippen LogP contribution in [0.3, 0.4) is 0 Å². The largest absolute Gasteiger partial charge is 0.462 e. The molecule has 1 aliphatic heterocycles. The van der Waals surface area contributed by atoms with E-state index in [1.807, 2.05) is 6.92 Å². The maximum absolute atomic E-state index is 13.0. The maximum atomic E-state index is 13.0. The number of fused-ring (bicyclic) bond motifs is 3. The molecule has 0 amide bonds. The van der Waals surface area contributed by atoms with Crippen LogP contribution >= 0.6 is 33.9 Å². The number of ether oxygens (including phenoxy) is 1. The zero-order valence-electron chi connectivity index (χ0n) is 19.4. The Labute approximate surface area is 216 Å². The molecule has 7 nitrogen and oxygen atoms in total. The molecule has 1 fully saturated rings. The number of aliphatic hydroxyl groups is 1. The SMILES string of the molecule is Cc1sc2c(c1C)C(c1ccc(I)cc1)=NC(CC(=O)OC1CCC(O)CC1)c1nnc(C)n1-2. The van der Waals surface area contributed by atoms with Crippen molar-refractivity contribution in [3.8, 4) is 5.00 Å². The quantitative estimate of drug-likeness (QED) is 0.342. The topological polar surface area (TPSA) is 89.6 Å². The molecule has 1 saturated carbocycles. The van der Waals surface area contributed by atoms with E-state index in [1.54, 1.807) is 11.3 Å². The standard InChI is InChI=1S/C25H27IN4O3S/c1-13-14(2)34-25-22(13)23(16-4-6-17(26)7-5-16)27-20(24-29-28-15(3)30(24)25)12-21(32)33-19-10-8-18(31)9-11-19/h4-7,18-20,31H,8-12H2,1-3H3. The average molecular weight is 590 g/mol. The summed E-state index contributed by atoms with van der Waals surface area (Å²) in [5.41, 5.74) is 4.14. The highest BCUT2D eigenvalue weighted by molar-refractivity contribution is 14.1. The van der Waals surface area contributed by atoms with Crippen LogP contribution in [0.4, 0.5) is 0 Å². The van der Waals surface area contributed by atoms with Gasteiger partial charge >= 0.3 is 5.97 Å². The van der Waals surface area contributed by atoms with Gasteiger partial charge in [0.1, 0.15) is 23.0 Å². The normalized spacial score (nSPS) is 21.9. The lowest BCUT2D eigenvalue weighted by Crippen LogP contribution is -2.27. The summed E-state index contributed by atoms with van der Waals surface area (Å²) in [6.45, 7) is 6.18. The molecule has 1 atom stereocenters. The number of aryl methyl sites for hydroxylation is 2. The summed E-state index contributed by atoms with van der Waals surface area (Å²) in [7, 11) is 0. The Morgan fingerprint density at radius 3 is 2.56 bits per heavy atom. The Morgan fingerprint density at radius 2 is 1.85 bits per heavy atom. The molecule has 0 saturated heterocycles. The molecule has 9 heteroatoms. The van der Waals surface area contributed by atoms with Crippen LogP contribution in [0.15, 0.2) is 29.3 Å². The van der Waals surface area contributed by atoms with Gasteiger partial charge in [-0.25, -0.2) is 0 Å². The Bertz CT molecular complexity index is 1260. The van der Waals surface area contributed by atoms with Crippen molar-refractivity contribution in [2.75, 3.05) is 0 Å². The van der Waals surface area contributed by atoms with E-state index in [9.17, 15) is 9.90 Å². The van der Waals surface area contributed by atoms with E-state index in [4.69, 9.17) is 9.73 Å². The number of carbonyl (C=O) groups is 1. The minimum atomic E-state index is -0.503. The molecule has 178 valence electrons. The summed E-state index contributed by atoms with van der Waals surface area (Å²) in [5.74, 6) is 1.15. The average Bonchev–Trinajstić information content (AvgIpc) is 3.28. The fraction of sp³-hybridized carbons (Fsp3) is 0.440. The third kappa shape index (κ3) is 4.45. The van der Waals surface area contributed by atoms with Gasteiger partial charge in [-0.2, -0.15) is 0 Å². The van der Waals surface area contributed by atoms with E-state index in [2.05, 4.69) is 75.5 Å². The molecular weight excluding hydrogens is 563 g/mol. The molecule has 1 unspecified atom stereocenters. The number of aliphatic hydroxyl groups excluding tert-OH is 1. The molecule has 5 rings (SSSR count). The number of benzene rings is 1.